The van der Waals surface area contributed by atoms with Gasteiger partial charge in [-0.15, -0.1) is 0 Å². The average Bonchev–Trinajstić information content (AvgIpc) is 2.94. The molecular formula is C16H22FNO. The van der Waals surface area contributed by atoms with Gasteiger partial charge in [-0.1, -0.05) is 24.6 Å². The molecule has 1 atom stereocenters. The van der Waals surface area contributed by atoms with Crippen LogP contribution in [0.3, 0.4) is 0 Å². The normalized spacial score (nSPS) is 16.3. The standard InChI is InChI=1S/C16H22FNO/c1-3-10-18-16(12-6-4-5-7-12)14-9-8-13(19-2)11-15(14)17/h6,8-9,11,16,18H,3-5,7,10H2,1-2H3. The van der Waals surface area contributed by atoms with Gasteiger partial charge < -0.3 is 10.1 Å². The van der Waals surface area contributed by atoms with Gasteiger partial charge in [0.15, 0.2) is 0 Å². The first-order chi connectivity index (χ1) is 9.26. The topological polar surface area (TPSA) is 21.3 Å². The van der Waals surface area contributed by atoms with Crippen LogP contribution >= 0.6 is 0 Å². The molecule has 0 bridgehead atoms. The second-order valence-corrected chi connectivity index (χ2v) is 4.95. The Bertz CT molecular complexity index is 456. The van der Waals surface area contributed by atoms with E-state index in [1.165, 1.54) is 18.1 Å². The van der Waals surface area contributed by atoms with E-state index in [2.05, 4.69) is 18.3 Å². The van der Waals surface area contributed by atoms with Crippen LogP contribution in [0.5, 0.6) is 5.75 Å². The first-order valence-electron chi connectivity index (χ1n) is 7.02. The van der Waals surface area contributed by atoms with Crippen LogP contribution in [-0.2, 0) is 0 Å². The maximum absolute atomic E-state index is 14.2. The Morgan fingerprint density at radius 3 is 2.84 bits per heavy atom. The van der Waals surface area contributed by atoms with Crippen molar-refractivity contribution in [1.82, 2.24) is 5.32 Å². The molecule has 0 heterocycles. The number of hydrogen-bond acceptors (Lipinski definition) is 2. The summed E-state index contributed by atoms with van der Waals surface area (Å²) >= 11 is 0. The van der Waals surface area contributed by atoms with Gasteiger partial charge in [-0.2, -0.15) is 0 Å². The van der Waals surface area contributed by atoms with Gasteiger partial charge in [0.1, 0.15) is 11.6 Å². The van der Waals surface area contributed by atoms with Crippen LogP contribution in [0.15, 0.2) is 29.8 Å². The second-order valence-electron chi connectivity index (χ2n) is 4.95. The highest BCUT2D eigenvalue weighted by atomic mass is 19.1. The summed E-state index contributed by atoms with van der Waals surface area (Å²) in [5.41, 5.74) is 2.04. The molecule has 1 aromatic carbocycles. The summed E-state index contributed by atoms with van der Waals surface area (Å²) in [7, 11) is 1.56. The van der Waals surface area contributed by atoms with Crippen molar-refractivity contribution in [1.29, 1.82) is 0 Å². The van der Waals surface area contributed by atoms with Gasteiger partial charge in [-0.3, -0.25) is 0 Å². The third kappa shape index (κ3) is 3.35. The van der Waals surface area contributed by atoms with E-state index < -0.39 is 0 Å². The smallest absolute Gasteiger partial charge is 0.132 e. The highest BCUT2D eigenvalue weighted by Crippen LogP contribution is 2.33. The molecule has 0 amide bonds. The molecule has 3 heteroatoms. The molecule has 0 spiro atoms. The summed E-state index contributed by atoms with van der Waals surface area (Å²) in [5.74, 6) is 0.372. The van der Waals surface area contributed by atoms with E-state index in [0.717, 1.165) is 31.4 Å². The molecule has 1 aromatic rings. The Balaban J connectivity index is 2.26. The Kier molecular flexibility index (Phi) is 4.97. The summed E-state index contributed by atoms with van der Waals surface area (Å²) in [6.07, 6.45) is 6.64. The molecule has 2 rings (SSSR count). The zero-order valence-corrected chi connectivity index (χ0v) is 11.7. The minimum absolute atomic E-state index is 0.00774. The van der Waals surface area contributed by atoms with Crippen molar-refractivity contribution in [2.45, 2.75) is 38.6 Å². The number of allylic oxidation sites excluding steroid dienone is 1. The zero-order chi connectivity index (χ0) is 13.7. The molecule has 19 heavy (non-hydrogen) atoms. The molecule has 0 aromatic heterocycles. The summed E-state index contributed by atoms with van der Waals surface area (Å²) < 4.78 is 19.3. The van der Waals surface area contributed by atoms with Crippen LogP contribution in [0.25, 0.3) is 0 Å². The third-order valence-corrected chi connectivity index (χ3v) is 3.56. The lowest BCUT2D eigenvalue weighted by Gasteiger charge is -2.21. The van der Waals surface area contributed by atoms with Gasteiger partial charge in [0.05, 0.1) is 13.2 Å². The minimum atomic E-state index is -0.194. The zero-order valence-electron chi connectivity index (χ0n) is 11.7. The lowest BCUT2D eigenvalue weighted by atomic mass is 9.97. The van der Waals surface area contributed by atoms with Crippen LogP contribution in [0, 0.1) is 5.82 Å². The van der Waals surface area contributed by atoms with Gasteiger partial charge in [0, 0.05) is 11.6 Å². The first-order valence-corrected chi connectivity index (χ1v) is 7.02. The molecule has 1 aliphatic rings. The van der Waals surface area contributed by atoms with E-state index in [9.17, 15) is 4.39 Å². The summed E-state index contributed by atoms with van der Waals surface area (Å²) in [6, 6.07) is 5.13. The van der Waals surface area contributed by atoms with Gasteiger partial charge >= 0.3 is 0 Å². The number of methoxy groups -OCH3 is 1. The van der Waals surface area contributed by atoms with Crippen molar-refractivity contribution in [3.63, 3.8) is 0 Å². The molecule has 0 fully saturated rings. The number of nitrogens with one attached hydrogen (secondary N) is 1. The largest absolute Gasteiger partial charge is 0.497 e. The van der Waals surface area contributed by atoms with Crippen LogP contribution in [0.2, 0.25) is 0 Å². The monoisotopic (exact) mass is 263 g/mol. The number of halogens is 1. The van der Waals surface area contributed by atoms with E-state index in [4.69, 9.17) is 4.74 Å². The Labute approximate surface area is 114 Å². The van der Waals surface area contributed by atoms with Gasteiger partial charge in [-0.05, 0) is 38.3 Å². The molecule has 0 saturated carbocycles. The Morgan fingerprint density at radius 1 is 1.42 bits per heavy atom. The molecule has 2 nitrogen and oxygen atoms in total. The predicted molar refractivity (Wildman–Crippen MR) is 75.9 cm³/mol. The SMILES string of the molecule is CCCNC(C1=CCCC1)c1ccc(OC)cc1F. The van der Waals surface area contributed by atoms with E-state index in [0.29, 0.717) is 5.75 Å². The van der Waals surface area contributed by atoms with E-state index in [1.807, 2.05) is 12.1 Å². The maximum Gasteiger partial charge on any atom is 0.132 e. The fourth-order valence-electron chi connectivity index (χ4n) is 2.56. The third-order valence-electron chi connectivity index (χ3n) is 3.56. The van der Waals surface area contributed by atoms with E-state index in [-0.39, 0.29) is 11.9 Å². The van der Waals surface area contributed by atoms with Gasteiger partial charge in [0.25, 0.3) is 0 Å². The van der Waals surface area contributed by atoms with Crippen molar-refractivity contribution in [2.24, 2.45) is 0 Å². The van der Waals surface area contributed by atoms with E-state index in [1.54, 1.807) is 7.11 Å². The highest BCUT2D eigenvalue weighted by Gasteiger charge is 2.21. The molecular weight excluding hydrogens is 241 g/mol. The number of ether oxygens (including phenoxy) is 1. The van der Waals surface area contributed by atoms with Crippen molar-refractivity contribution >= 4 is 0 Å². The molecule has 0 saturated heterocycles. The highest BCUT2D eigenvalue weighted by molar-refractivity contribution is 5.35. The van der Waals surface area contributed by atoms with Gasteiger partial charge in [-0.25, -0.2) is 4.39 Å². The van der Waals surface area contributed by atoms with Crippen molar-refractivity contribution in [2.75, 3.05) is 13.7 Å². The minimum Gasteiger partial charge on any atom is -0.497 e. The Hall–Kier alpha value is -1.35. The lowest BCUT2D eigenvalue weighted by Crippen LogP contribution is -2.24. The van der Waals surface area contributed by atoms with Crippen molar-refractivity contribution < 1.29 is 9.13 Å². The van der Waals surface area contributed by atoms with Gasteiger partial charge in [0.2, 0.25) is 0 Å². The molecule has 1 aliphatic carbocycles. The van der Waals surface area contributed by atoms with Crippen molar-refractivity contribution in [3.05, 3.63) is 41.2 Å². The molecule has 1 unspecified atom stereocenters. The summed E-state index contributed by atoms with van der Waals surface area (Å²) in [4.78, 5) is 0. The van der Waals surface area contributed by atoms with E-state index >= 15 is 0 Å². The fraction of sp³-hybridized carbons (Fsp3) is 0.500. The summed E-state index contributed by atoms with van der Waals surface area (Å²) in [6.45, 7) is 3.02. The van der Waals surface area contributed by atoms with Crippen LogP contribution in [0.1, 0.15) is 44.2 Å². The average molecular weight is 263 g/mol. The van der Waals surface area contributed by atoms with Crippen LogP contribution < -0.4 is 10.1 Å². The molecule has 104 valence electrons. The van der Waals surface area contributed by atoms with Crippen LogP contribution in [0.4, 0.5) is 4.39 Å². The maximum atomic E-state index is 14.2. The fourth-order valence-corrected chi connectivity index (χ4v) is 2.56. The lowest BCUT2D eigenvalue weighted by molar-refractivity contribution is 0.409. The predicted octanol–water partition coefficient (Wildman–Crippen LogP) is 3.99. The second kappa shape index (κ2) is 6.71. The molecule has 0 aliphatic heterocycles. The number of benzene rings is 1. The molecule has 0 radical (unpaired) electrons. The quantitative estimate of drug-likeness (QED) is 0.784. The number of rotatable bonds is 6. The summed E-state index contributed by atoms with van der Waals surface area (Å²) in [5, 5.41) is 3.46. The van der Waals surface area contributed by atoms with Crippen molar-refractivity contribution in [3.8, 4) is 5.75 Å². The first kappa shape index (κ1) is 14.1. The Morgan fingerprint density at radius 2 is 2.26 bits per heavy atom. The van der Waals surface area contributed by atoms with Crippen LogP contribution in [-0.4, -0.2) is 13.7 Å². The number of hydrogen-bond donors (Lipinski definition) is 1. The molecule has 1 N–H and O–H groups in total.